The van der Waals surface area contributed by atoms with Gasteiger partial charge < -0.3 is 15.2 Å². The van der Waals surface area contributed by atoms with Gasteiger partial charge >= 0.3 is 5.97 Å². The van der Waals surface area contributed by atoms with Crippen molar-refractivity contribution in [3.63, 3.8) is 0 Å². The number of para-hydroxylation sites is 2. The average Bonchev–Trinajstić information content (AvgIpc) is 3.48. The molecule has 7 nitrogen and oxygen atoms in total. The van der Waals surface area contributed by atoms with Crippen molar-refractivity contribution in [1.29, 1.82) is 0 Å². The van der Waals surface area contributed by atoms with Crippen molar-refractivity contribution < 1.29 is 14.6 Å². The predicted octanol–water partition coefficient (Wildman–Crippen LogP) is 6.13. The van der Waals surface area contributed by atoms with Crippen molar-refractivity contribution in [2.24, 2.45) is 0 Å². The van der Waals surface area contributed by atoms with E-state index in [4.69, 9.17) is 14.8 Å². The summed E-state index contributed by atoms with van der Waals surface area (Å²) in [4.78, 5) is 16.9. The van der Waals surface area contributed by atoms with Crippen molar-refractivity contribution in [2.75, 3.05) is 12.4 Å². The second-order valence-electron chi connectivity index (χ2n) is 7.77. The number of aromatic carboxylic acids is 1. The first-order chi connectivity index (χ1) is 16.5. The minimum absolute atomic E-state index is 0.213. The molecule has 2 aromatic heterocycles. The van der Waals surface area contributed by atoms with Crippen molar-refractivity contribution >= 4 is 28.8 Å². The Morgan fingerprint density at radius 3 is 2.56 bits per heavy atom. The SMILES string of the molecule is CCc1ccc(Nc2c(-c3nc(CC)cs3)c(CC)nn2-c2ccccc2OC)c(C(=O)O)c1. The number of hydrogen-bond acceptors (Lipinski definition) is 6. The second-order valence-corrected chi connectivity index (χ2v) is 8.63. The van der Waals surface area contributed by atoms with Gasteiger partial charge in [-0.1, -0.05) is 39.0 Å². The maximum absolute atomic E-state index is 12.1. The summed E-state index contributed by atoms with van der Waals surface area (Å²) in [6.45, 7) is 6.13. The van der Waals surface area contributed by atoms with Crippen LogP contribution in [0.3, 0.4) is 0 Å². The van der Waals surface area contributed by atoms with E-state index < -0.39 is 5.97 Å². The summed E-state index contributed by atoms with van der Waals surface area (Å²) < 4.78 is 7.40. The Balaban J connectivity index is 1.97. The minimum atomic E-state index is -0.985. The molecule has 0 saturated carbocycles. The Hall–Kier alpha value is -3.65. The summed E-state index contributed by atoms with van der Waals surface area (Å²) in [5.41, 5.74) is 5.17. The van der Waals surface area contributed by atoms with Gasteiger partial charge in [-0.15, -0.1) is 11.3 Å². The summed E-state index contributed by atoms with van der Waals surface area (Å²) in [6, 6.07) is 13.1. The lowest BCUT2D eigenvalue weighted by molar-refractivity contribution is 0.0698. The van der Waals surface area contributed by atoms with E-state index in [-0.39, 0.29) is 5.56 Å². The molecule has 0 radical (unpaired) electrons. The molecule has 34 heavy (non-hydrogen) atoms. The van der Waals surface area contributed by atoms with Crippen LogP contribution in [-0.4, -0.2) is 33.0 Å². The second kappa shape index (κ2) is 10.1. The van der Waals surface area contributed by atoms with Crippen molar-refractivity contribution in [3.8, 4) is 22.0 Å². The molecular formula is C26H28N4O3S. The Bertz CT molecular complexity index is 1330. The Morgan fingerprint density at radius 2 is 1.91 bits per heavy atom. The molecule has 0 fully saturated rings. The lowest BCUT2D eigenvalue weighted by atomic mass is 10.1. The molecule has 2 heterocycles. The molecule has 4 aromatic rings. The van der Waals surface area contributed by atoms with Gasteiger partial charge in [0.2, 0.25) is 0 Å². The first-order valence-corrected chi connectivity index (χ1v) is 12.2. The summed E-state index contributed by atoms with van der Waals surface area (Å²) in [5.74, 6) is 0.335. The Kier molecular flexibility index (Phi) is 6.98. The van der Waals surface area contributed by atoms with Crippen molar-refractivity contribution in [2.45, 2.75) is 40.0 Å². The van der Waals surface area contributed by atoms with Gasteiger partial charge in [-0.3, -0.25) is 0 Å². The first kappa shape index (κ1) is 23.5. The third-order valence-corrected chi connectivity index (χ3v) is 6.62. The van der Waals surface area contributed by atoms with E-state index >= 15 is 0 Å². The molecule has 0 aliphatic heterocycles. The number of nitrogens with one attached hydrogen (secondary N) is 1. The first-order valence-electron chi connectivity index (χ1n) is 11.3. The van der Waals surface area contributed by atoms with E-state index in [1.54, 1.807) is 29.2 Å². The number of benzene rings is 2. The smallest absolute Gasteiger partial charge is 0.337 e. The Morgan fingerprint density at radius 1 is 1.12 bits per heavy atom. The lowest BCUT2D eigenvalue weighted by Crippen LogP contribution is -2.08. The van der Waals surface area contributed by atoms with E-state index in [0.717, 1.165) is 46.1 Å². The molecule has 0 amide bonds. The monoisotopic (exact) mass is 476 g/mol. The molecule has 0 spiro atoms. The summed E-state index contributed by atoms with van der Waals surface area (Å²) in [5, 5.41) is 21.1. The van der Waals surface area contributed by atoms with Crippen LogP contribution < -0.4 is 10.1 Å². The number of anilines is 2. The predicted molar refractivity (Wildman–Crippen MR) is 136 cm³/mol. The zero-order valence-corrected chi connectivity index (χ0v) is 20.6. The molecule has 8 heteroatoms. The highest BCUT2D eigenvalue weighted by atomic mass is 32.1. The molecule has 0 unspecified atom stereocenters. The fraction of sp³-hybridized carbons (Fsp3) is 0.269. The highest BCUT2D eigenvalue weighted by Crippen LogP contribution is 2.39. The molecule has 0 atom stereocenters. The highest BCUT2D eigenvalue weighted by molar-refractivity contribution is 7.13. The van der Waals surface area contributed by atoms with Crippen molar-refractivity contribution in [1.82, 2.24) is 14.8 Å². The van der Waals surface area contributed by atoms with Crippen LogP contribution in [0.4, 0.5) is 11.5 Å². The van der Waals surface area contributed by atoms with Gasteiger partial charge in [0.15, 0.2) is 0 Å². The molecule has 0 aliphatic rings. The molecule has 4 rings (SSSR count). The molecule has 2 N–H and O–H groups in total. The van der Waals surface area contributed by atoms with Gasteiger partial charge in [-0.05, 0) is 49.1 Å². The number of rotatable bonds is 9. The van der Waals surface area contributed by atoms with Gasteiger partial charge in [-0.25, -0.2) is 14.5 Å². The minimum Gasteiger partial charge on any atom is -0.494 e. The molecule has 0 bridgehead atoms. The third kappa shape index (κ3) is 4.41. The molecular weight excluding hydrogens is 448 g/mol. The maximum atomic E-state index is 12.1. The number of carbonyl (C=O) groups is 1. The maximum Gasteiger partial charge on any atom is 0.337 e. The standard InChI is InChI=1S/C26H28N4O3S/c1-5-16-12-13-20(18(14-16)26(31)32)28-24-23(25-27-17(6-2)15-34-25)19(7-3)29-30(24)21-10-8-9-11-22(21)33-4/h8-15,28H,5-7H2,1-4H3,(H,31,32). The van der Waals surface area contributed by atoms with Gasteiger partial charge in [0.1, 0.15) is 22.3 Å². The number of nitrogens with zero attached hydrogens (tertiary/aromatic N) is 3. The topological polar surface area (TPSA) is 89.3 Å². The number of hydrogen-bond donors (Lipinski definition) is 2. The van der Waals surface area contributed by atoms with E-state index in [1.807, 2.05) is 43.3 Å². The van der Waals surface area contributed by atoms with Crippen molar-refractivity contribution in [3.05, 3.63) is 70.4 Å². The van der Waals surface area contributed by atoms with Crippen LogP contribution in [0.5, 0.6) is 5.75 Å². The fourth-order valence-electron chi connectivity index (χ4n) is 3.84. The third-order valence-electron chi connectivity index (χ3n) is 5.71. The molecule has 176 valence electrons. The zero-order valence-electron chi connectivity index (χ0n) is 19.8. The van der Waals surface area contributed by atoms with Crippen LogP contribution >= 0.6 is 11.3 Å². The van der Waals surface area contributed by atoms with E-state index in [2.05, 4.69) is 24.5 Å². The van der Waals surface area contributed by atoms with Gasteiger partial charge in [0.25, 0.3) is 0 Å². The largest absolute Gasteiger partial charge is 0.494 e. The molecule has 0 aliphatic carbocycles. The highest BCUT2D eigenvalue weighted by Gasteiger charge is 2.25. The number of carboxylic acid groups (broad SMARTS) is 1. The van der Waals surface area contributed by atoms with Gasteiger partial charge in [0, 0.05) is 5.38 Å². The average molecular weight is 477 g/mol. The number of ether oxygens (including phenoxy) is 1. The quantitative estimate of drug-likeness (QED) is 0.302. The zero-order chi connectivity index (χ0) is 24.2. The normalized spacial score (nSPS) is 10.9. The lowest BCUT2D eigenvalue weighted by Gasteiger charge is -2.16. The summed E-state index contributed by atoms with van der Waals surface area (Å²) in [7, 11) is 1.62. The number of methoxy groups -OCH3 is 1. The van der Waals surface area contributed by atoms with E-state index in [0.29, 0.717) is 23.7 Å². The van der Waals surface area contributed by atoms with Crippen LogP contribution in [-0.2, 0) is 19.3 Å². The van der Waals surface area contributed by atoms with E-state index in [9.17, 15) is 9.90 Å². The Labute approximate surface area is 203 Å². The molecule has 0 saturated heterocycles. The molecule has 2 aromatic carbocycles. The van der Waals surface area contributed by atoms with Crippen LogP contribution in [0.15, 0.2) is 47.8 Å². The van der Waals surface area contributed by atoms with Crippen LogP contribution in [0.25, 0.3) is 16.3 Å². The van der Waals surface area contributed by atoms with Crippen LogP contribution in [0.2, 0.25) is 0 Å². The fourth-order valence-corrected chi connectivity index (χ4v) is 4.81. The van der Waals surface area contributed by atoms with E-state index in [1.165, 1.54) is 0 Å². The van der Waals surface area contributed by atoms with Crippen LogP contribution in [0, 0.1) is 0 Å². The van der Waals surface area contributed by atoms with Gasteiger partial charge in [0.05, 0.1) is 35.3 Å². The van der Waals surface area contributed by atoms with Crippen LogP contribution in [0.1, 0.15) is 48.1 Å². The van der Waals surface area contributed by atoms with Gasteiger partial charge in [-0.2, -0.15) is 5.10 Å². The summed E-state index contributed by atoms with van der Waals surface area (Å²) in [6.07, 6.45) is 2.28. The number of aromatic nitrogens is 3. The summed E-state index contributed by atoms with van der Waals surface area (Å²) >= 11 is 1.56. The number of carboxylic acids is 1. The number of thiazole rings is 1. The number of aryl methyl sites for hydroxylation is 3.